The largest absolute Gasteiger partial charge is 0.481 e. The van der Waals surface area contributed by atoms with Crippen LogP contribution in [0.5, 0.6) is 0 Å². The van der Waals surface area contributed by atoms with Gasteiger partial charge in [-0.1, -0.05) is 36.4 Å². The van der Waals surface area contributed by atoms with Gasteiger partial charge in [0.15, 0.2) is 0 Å². The van der Waals surface area contributed by atoms with Gasteiger partial charge in [-0.3, -0.25) is 4.79 Å². The molecule has 0 aliphatic carbocycles. The Labute approximate surface area is 117 Å². The molecule has 0 spiro atoms. The molecule has 1 aromatic carbocycles. The van der Waals surface area contributed by atoms with E-state index in [4.69, 9.17) is 4.74 Å². The zero-order valence-corrected chi connectivity index (χ0v) is 11.1. The fourth-order valence-electron chi connectivity index (χ4n) is 2.25. The molecule has 5 nitrogen and oxygen atoms in total. The number of carbonyl (C=O) groups is 2. The molecule has 1 amide bonds. The van der Waals surface area contributed by atoms with Crippen LogP contribution in [0.15, 0.2) is 43.0 Å². The zero-order chi connectivity index (χ0) is 14.6. The number of aliphatic carboxylic acids is 1. The zero-order valence-electron chi connectivity index (χ0n) is 11.1. The lowest BCUT2D eigenvalue weighted by Crippen LogP contribution is -2.62. The summed E-state index contributed by atoms with van der Waals surface area (Å²) in [5, 5.41) is 9.20. The second kappa shape index (κ2) is 5.77. The van der Waals surface area contributed by atoms with E-state index in [1.807, 2.05) is 30.3 Å². The van der Waals surface area contributed by atoms with Crippen molar-refractivity contribution in [3.63, 3.8) is 0 Å². The van der Waals surface area contributed by atoms with Gasteiger partial charge in [0.2, 0.25) is 0 Å². The van der Waals surface area contributed by atoms with Crippen LogP contribution in [0.4, 0.5) is 4.79 Å². The first-order valence-electron chi connectivity index (χ1n) is 6.37. The summed E-state index contributed by atoms with van der Waals surface area (Å²) < 4.78 is 5.15. The van der Waals surface area contributed by atoms with Crippen LogP contribution < -0.4 is 0 Å². The Hall–Kier alpha value is -2.30. The maximum absolute atomic E-state index is 11.8. The quantitative estimate of drug-likeness (QED) is 0.837. The Kier molecular flexibility index (Phi) is 4.08. The van der Waals surface area contributed by atoms with Gasteiger partial charge in [-0.15, -0.1) is 6.58 Å². The van der Waals surface area contributed by atoms with E-state index >= 15 is 0 Å². The normalized spacial score (nSPS) is 16.1. The summed E-state index contributed by atoms with van der Waals surface area (Å²) in [5.41, 5.74) is 0.00465. The van der Waals surface area contributed by atoms with Crippen molar-refractivity contribution in [2.24, 2.45) is 5.41 Å². The number of carboxylic acid groups (broad SMARTS) is 1. The van der Waals surface area contributed by atoms with Gasteiger partial charge in [0.25, 0.3) is 0 Å². The number of hydrogen-bond donors (Lipinski definition) is 1. The first-order chi connectivity index (χ1) is 9.57. The van der Waals surface area contributed by atoms with Crippen LogP contribution in [-0.4, -0.2) is 35.2 Å². The number of allylic oxidation sites excluding steroid dienone is 1. The molecule has 1 N–H and O–H groups in total. The molecule has 0 atom stereocenters. The summed E-state index contributed by atoms with van der Waals surface area (Å²) in [6.45, 7) is 4.09. The molecule has 5 heteroatoms. The Balaban J connectivity index is 1.84. The molecule has 1 aliphatic heterocycles. The number of hydrogen-bond acceptors (Lipinski definition) is 3. The summed E-state index contributed by atoms with van der Waals surface area (Å²) >= 11 is 0. The van der Waals surface area contributed by atoms with E-state index in [0.29, 0.717) is 6.42 Å². The van der Waals surface area contributed by atoms with Crippen LogP contribution in [0.3, 0.4) is 0 Å². The van der Waals surface area contributed by atoms with Gasteiger partial charge in [-0.2, -0.15) is 0 Å². The average molecular weight is 275 g/mol. The lowest BCUT2D eigenvalue weighted by atomic mass is 9.77. The highest BCUT2D eigenvalue weighted by molar-refractivity contribution is 5.80. The molecule has 1 aliphatic rings. The second-order valence-electron chi connectivity index (χ2n) is 4.97. The Morgan fingerprint density at radius 1 is 1.35 bits per heavy atom. The first kappa shape index (κ1) is 14.1. The molecular weight excluding hydrogens is 258 g/mol. The maximum Gasteiger partial charge on any atom is 0.410 e. The van der Waals surface area contributed by atoms with Crippen molar-refractivity contribution in [1.82, 2.24) is 4.90 Å². The van der Waals surface area contributed by atoms with Crippen LogP contribution in [-0.2, 0) is 16.1 Å². The third-order valence-electron chi connectivity index (χ3n) is 3.44. The molecule has 20 heavy (non-hydrogen) atoms. The summed E-state index contributed by atoms with van der Waals surface area (Å²) in [4.78, 5) is 24.4. The van der Waals surface area contributed by atoms with Gasteiger partial charge in [-0.05, 0) is 12.0 Å². The predicted octanol–water partition coefficient (Wildman–Crippen LogP) is 2.29. The highest BCUT2D eigenvalue weighted by Gasteiger charge is 2.51. The van der Waals surface area contributed by atoms with Gasteiger partial charge < -0.3 is 14.7 Å². The maximum atomic E-state index is 11.8. The standard InChI is InChI=1S/C15H17NO4/c1-2-8-15(13(17)18)10-16(11-15)14(19)20-9-12-6-4-3-5-7-12/h2-7H,1,8-11H2,(H,17,18). The average Bonchev–Trinajstić information content (AvgIpc) is 2.40. The molecule has 0 saturated carbocycles. The Morgan fingerprint density at radius 2 is 2.00 bits per heavy atom. The van der Waals surface area contributed by atoms with Gasteiger partial charge in [-0.25, -0.2) is 4.79 Å². The summed E-state index contributed by atoms with van der Waals surface area (Å²) in [7, 11) is 0. The lowest BCUT2D eigenvalue weighted by molar-refractivity contribution is -0.158. The molecule has 1 heterocycles. The number of likely N-dealkylation sites (tertiary alicyclic amines) is 1. The molecule has 0 unspecified atom stereocenters. The van der Waals surface area contributed by atoms with Crippen molar-refractivity contribution < 1.29 is 19.4 Å². The summed E-state index contributed by atoms with van der Waals surface area (Å²) in [6, 6.07) is 9.35. The molecule has 106 valence electrons. The number of amides is 1. The van der Waals surface area contributed by atoms with Crippen molar-refractivity contribution in [2.75, 3.05) is 13.1 Å². The smallest absolute Gasteiger partial charge is 0.410 e. The molecule has 0 bridgehead atoms. The van der Waals surface area contributed by atoms with Crippen LogP contribution in [0.1, 0.15) is 12.0 Å². The summed E-state index contributed by atoms with van der Waals surface area (Å²) in [5.74, 6) is -0.899. The van der Waals surface area contributed by atoms with Gasteiger partial charge >= 0.3 is 12.1 Å². The molecule has 0 aromatic heterocycles. The number of ether oxygens (including phenoxy) is 1. The minimum Gasteiger partial charge on any atom is -0.481 e. The van der Waals surface area contributed by atoms with Crippen molar-refractivity contribution in [2.45, 2.75) is 13.0 Å². The van der Waals surface area contributed by atoms with Crippen molar-refractivity contribution in [1.29, 1.82) is 0 Å². The van der Waals surface area contributed by atoms with Crippen LogP contribution in [0, 0.1) is 5.41 Å². The number of carboxylic acids is 1. The molecule has 1 aromatic rings. The lowest BCUT2D eigenvalue weighted by Gasteiger charge is -2.45. The first-order valence-corrected chi connectivity index (χ1v) is 6.37. The van der Waals surface area contributed by atoms with Gasteiger partial charge in [0.05, 0.1) is 0 Å². The van der Waals surface area contributed by atoms with Crippen LogP contribution in [0.25, 0.3) is 0 Å². The minimum atomic E-state index is -0.899. The van der Waals surface area contributed by atoms with Crippen LogP contribution >= 0.6 is 0 Å². The van der Waals surface area contributed by atoms with Crippen molar-refractivity contribution in [3.05, 3.63) is 48.6 Å². The SMILES string of the molecule is C=CCC1(C(=O)O)CN(C(=O)OCc2ccccc2)C1. The Bertz CT molecular complexity index is 506. The predicted molar refractivity (Wildman–Crippen MR) is 73.1 cm³/mol. The highest BCUT2D eigenvalue weighted by Crippen LogP contribution is 2.35. The highest BCUT2D eigenvalue weighted by atomic mass is 16.6. The number of rotatable bonds is 5. The van der Waals surface area contributed by atoms with E-state index in [-0.39, 0.29) is 19.7 Å². The monoisotopic (exact) mass is 275 g/mol. The van der Waals surface area contributed by atoms with E-state index < -0.39 is 17.5 Å². The van der Waals surface area contributed by atoms with Crippen LogP contribution in [0.2, 0.25) is 0 Å². The van der Waals surface area contributed by atoms with E-state index in [2.05, 4.69) is 6.58 Å². The van der Waals surface area contributed by atoms with Gasteiger partial charge in [0, 0.05) is 13.1 Å². The minimum absolute atomic E-state index is 0.169. The number of benzene rings is 1. The topological polar surface area (TPSA) is 66.8 Å². The number of nitrogens with zero attached hydrogens (tertiary/aromatic N) is 1. The molecule has 1 fully saturated rings. The molecular formula is C15H17NO4. The summed E-state index contributed by atoms with van der Waals surface area (Å²) in [6.07, 6.45) is 1.45. The number of carbonyl (C=O) groups excluding carboxylic acids is 1. The third-order valence-corrected chi connectivity index (χ3v) is 3.44. The van der Waals surface area contributed by atoms with Gasteiger partial charge in [0.1, 0.15) is 12.0 Å². The van der Waals surface area contributed by atoms with E-state index in [0.717, 1.165) is 5.56 Å². The molecule has 1 saturated heterocycles. The Morgan fingerprint density at radius 3 is 2.55 bits per heavy atom. The third kappa shape index (κ3) is 2.82. The fourth-order valence-corrected chi connectivity index (χ4v) is 2.25. The second-order valence-corrected chi connectivity index (χ2v) is 4.97. The molecule has 2 rings (SSSR count). The van der Waals surface area contributed by atoms with E-state index in [1.54, 1.807) is 6.08 Å². The van der Waals surface area contributed by atoms with E-state index in [1.165, 1.54) is 4.90 Å². The fraction of sp³-hybridized carbons (Fsp3) is 0.333. The van der Waals surface area contributed by atoms with Crippen molar-refractivity contribution in [3.8, 4) is 0 Å². The van der Waals surface area contributed by atoms with Crippen molar-refractivity contribution >= 4 is 12.1 Å². The van der Waals surface area contributed by atoms with E-state index in [9.17, 15) is 14.7 Å². The molecule has 0 radical (unpaired) electrons.